The largest absolute Gasteiger partial charge is 0.496 e. The molecule has 0 unspecified atom stereocenters. The van der Waals surface area contributed by atoms with Gasteiger partial charge in [-0.3, -0.25) is 0 Å². The third-order valence-electron chi connectivity index (χ3n) is 1.80. The van der Waals surface area contributed by atoms with Crippen LogP contribution in [0, 0.1) is 6.92 Å². The Morgan fingerprint density at radius 2 is 1.92 bits per heavy atom. The van der Waals surface area contributed by atoms with Crippen LogP contribution in [0.25, 0.3) is 0 Å². The van der Waals surface area contributed by atoms with Crippen molar-refractivity contribution in [3.63, 3.8) is 0 Å². The molecule has 0 aliphatic heterocycles. The normalized spacial score (nSPS) is 9.92. The number of anilines is 2. The van der Waals surface area contributed by atoms with Crippen molar-refractivity contribution in [2.75, 3.05) is 18.6 Å². The zero-order valence-corrected chi connectivity index (χ0v) is 8.60. The molecule has 1 aromatic carbocycles. The zero-order valence-electron chi connectivity index (χ0n) is 7.02. The quantitative estimate of drug-likeness (QED) is 0.726. The summed E-state index contributed by atoms with van der Waals surface area (Å²) in [6.07, 6.45) is 0. The van der Waals surface area contributed by atoms with Gasteiger partial charge in [0.1, 0.15) is 5.75 Å². The van der Waals surface area contributed by atoms with Gasteiger partial charge in [0, 0.05) is 10.0 Å². The maximum atomic E-state index is 5.72. The molecular formula is C8H11BrN2O. The minimum atomic E-state index is 0.563. The molecule has 66 valence electrons. The van der Waals surface area contributed by atoms with Crippen LogP contribution in [0.1, 0.15) is 5.56 Å². The highest BCUT2D eigenvalue weighted by molar-refractivity contribution is 9.10. The van der Waals surface area contributed by atoms with Crippen molar-refractivity contribution in [1.82, 2.24) is 0 Å². The van der Waals surface area contributed by atoms with E-state index in [4.69, 9.17) is 16.2 Å². The summed E-state index contributed by atoms with van der Waals surface area (Å²) in [5, 5.41) is 0. The van der Waals surface area contributed by atoms with Gasteiger partial charge in [0.2, 0.25) is 0 Å². The van der Waals surface area contributed by atoms with Crippen molar-refractivity contribution >= 4 is 27.3 Å². The Morgan fingerprint density at radius 1 is 1.33 bits per heavy atom. The number of nitrogens with two attached hydrogens (primary N) is 2. The van der Waals surface area contributed by atoms with Crippen LogP contribution in [-0.4, -0.2) is 7.11 Å². The minimum Gasteiger partial charge on any atom is -0.496 e. The first-order chi connectivity index (χ1) is 5.57. The second-order valence-corrected chi connectivity index (χ2v) is 3.37. The Balaban J connectivity index is 3.39. The number of hydrogen-bond acceptors (Lipinski definition) is 3. The lowest BCUT2D eigenvalue weighted by Gasteiger charge is -2.10. The van der Waals surface area contributed by atoms with Gasteiger partial charge in [-0.2, -0.15) is 0 Å². The summed E-state index contributed by atoms with van der Waals surface area (Å²) in [6, 6.07) is 1.81. The highest BCUT2D eigenvalue weighted by Gasteiger charge is 2.08. The molecule has 0 bridgehead atoms. The van der Waals surface area contributed by atoms with Crippen LogP contribution in [0.4, 0.5) is 11.4 Å². The molecule has 0 amide bonds. The average molecular weight is 231 g/mol. The number of nitrogen functional groups attached to an aromatic ring is 2. The minimum absolute atomic E-state index is 0.563. The van der Waals surface area contributed by atoms with Crippen molar-refractivity contribution < 1.29 is 4.74 Å². The summed E-state index contributed by atoms with van der Waals surface area (Å²) >= 11 is 3.29. The third kappa shape index (κ3) is 1.34. The van der Waals surface area contributed by atoms with Crippen molar-refractivity contribution in [3.8, 4) is 5.75 Å². The smallest absolute Gasteiger partial charge is 0.125 e. The van der Waals surface area contributed by atoms with Crippen molar-refractivity contribution in [2.45, 2.75) is 6.92 Å². The van der Waals surface area contributed by atoms with E-state index in [0.717, 1.165) is 15.8 Å². The molecule has 0 fully saturated rings. The summed E-state index contributed by atoms with van der Waals surface area (Å²) in [5.74, 6) is 0.744. The van der Waals surface area contributed by atoms with Crippen molar-refractivity contribution in [3.05, 3.63) is 16.1 Å². The maximum absolute atomic E-state index is 5.72. The Bertz CT molecular complexity index is 312. The van der Waals surface area contributed by atoms with Crippen LogP contribution in [0.5, 0.6) is 5.75 Å². The highest BCUT2D eigenvalue weighted by Crippen LogP contribution is 2.35. The Hall–Kier alpha value is -0.900. The number of ether oxygens (including phenoxy) is 1. The molecule has 0 spiro atoms. The number of hydrogen-bond donors (Lipinski definition) is 2. The highest BCUT2D eigenvalue weighted by atomic mass is 79.9. The number of benzene rings is 1. The standard InChI is InChI=1S/C8H11BrN2O/c1-4-6(12-2)3-5(9)8(11)7(4)10/h3H,10-11H2,1-2H3. The van der Waals surface area contributed by atoms with Gasteiger partial charge in [-0.05, 0) is 28.9 Å². The number of rotatable bonds is 1. The van der Waals surface area contributed by atoms with Gasteiger partial charge in [-0.15, -0.1) is 0 Å². The topological polar surface area (TPSA) is 61.3 Å². The van der Waals surface area contributed by atoms with Crippen molar-refractivity contribution in [1.29, 1.82) is 0 Å². The van der Waals surface area contributed by atoms with Crippen LogP contribution in [-0.2, 0) is 0 Å². The van der Waals surface area contributed by atoms with Crippen LogP contribution in [0.3, 0.4) is 0 Å². The average Bonchev–Trinajstić information content (AvgIpc) is 2.08. The van der Waals surface area contributed by atoms with Crippen LogP contribution < -0.4 is 16.2 Å². The van der Waals surface area contributed by atoms with E-state index < -0.39 is 0 Å². The monoisotopic (exact) mass is 230 g/mol. The third-order valence-corrected chi connectivity index (χ3v) is 2.45. The number of methoxy groups -OCH3 is 1. The maximum Gasteiger partial charge on any atom is 0.125 e. The summed E-state index contributed by atoms with van der Waals surface area (Å²) < 4.78 is 5.86. The van der Waals surface area contributed by atoms with E-state index in [1.807, 2.05) is 6.92 Å². The van der Waals surface area contributed by atoms with Gasteiger partial charge in [0.25, 0.3) is 0 Å². The van der Waals surface area contributed by atoms with Crippen LogP contribution in [0.2, 0.25) is 0 Å². The molecule has 3 nitrogen and oxygen atoms in total. The SMILES string of the molecule is COc1cc(Br)c(N)c(N)c1C. The summed E-state index contributed by atoms with van der Waals surface area (Å²) in [6.45, 7) is 1.87. The Morgan fingerprint density at radius 3 is 2.42 bits per heavy atom. The summed E-state index contributed by atoms with van der Waals surface area (Å²) in [4.78, 5) is 0. The molecule has 0 aromatic heterocycles. The summed E-state index contributed by atoms with van der Waals surface area (Å²) in [7, 11) is 1.60. The predicted molar refractivity (Wildman–Crippen MR) is 54.3 cm³/mol. The molecule has 0 saturated heterocycles. The molecule has 0 atom stereocenters. The molecule has 0 aliphatic rings. The second-order valence-electron chi connectivity index (χ2n) is 2.51. The molecule has 4 heteroatoms. The van der Waals surface area contributed by atoms with E-state index in [-0.39, 0.29) is 0 Å². The lowest BCUT2D eigenvalue weighted by Crippen LogP contribution is -2.00. The molecule has 4 N–H and O–H groups in total. The molecule has 0 aliphatic carbocycles. The van der Waals surface area contributed by atoms with E-state index in [2.05, 4.69) is 15.9 Å². The van der Waals surface area contributed by atoms with Gasteiger partial charge in [0.05, 0.1) is 18.5 Å². The fourth-order valence-corrected chi connectivity index (χ4v) is 1.40. The van der Waals surface area contributed by atoms with E-state index in [9.17, 15) is 0 Å². The first kappa shape index (κ1) is 9.19. The molecule has 12 heavy (non-hydrogen) atoms. The molecule has 0 heterocycles. The van der Waals surface area contributed by atoms with Crippen molar-refractivity contribution in [2.24, 2.45) is 0 Å². The van der Waals surface area contributed by atoms with Crippen LogP contribution in [0.15, 0.2) is 10.5 Å². The fraction of sp³-hybridized carbons (Fsp3) is 0.250. The number of halogens is 1. The fourth-order valence-electron chi connectivity index (χ4n) is 0.977. The molecule has 0 saturated carbocycles. The Kier molecular flexibility index (Phi) is 2.47. The lowest BCUT2D eigenvalue weighted by atomic mass is 10.1. The van der Waals surface area contributed by atoms with Gasteiger partial charge >= 0.3 is 0 Å². The van der Waals surface area contributed by atoms with Crippen LogP contribution >= 0.6 is 15.9 Å². The van der Waals surface area contributed by atoms with E-state index in [0.29, 0.717) is 11.4 Å². The van der Waals surface area contributed by atoms with Gasteiger partial charge < -0.3 is 16.2 Å². The lowest BCUT2D eigenvalue weighted by molar-refractivity contribution is 0.412. The first-order valence-electron chi connectivity index (χ1n) is 3.46. The first-order valence-corrected chi connectivity index (χ1v) is 4.25. The predicted octanol–water partition coefficient (Wildman–Crippen LogP) is 1.93. The molecule has 1 aromatic rings. The molecule has 0 radical (unpaired) electrons. The van der Waals surface area contributed by atoms with Gasteiger partial charge in [0.15, 0.2) is 0 Å². The van der Waals surface area contributed by atoms with E-state index in [1.54, 1.807) is 13.2 Å². The van der Waals surface area contributed by atoms with Gasteiger partial charge in [-0.1, -0.05) is 0 Å². The van der Waals surface area contributed by atoms with Gasteiger partial charge in [-0.25, -0.2) is 0 Å². The van der Waals surface area contributed by atoms with E-state index >= 15 is 0 Å². The Labute approximate surface area is 79.8 Å². The molecular weight excluding hydrogens is 220 g/mol. The summed E-state index contributed by atoms with van der Waals surface area (Å²) in [5.41, 5.74) is 13.4. The second kappa shape index (κ2) is 3.23. The zero-order chi connectivity index (χ0) is 9.30. The van der Waals surface area contributed by atoms with E-state index in [1.165, 1.54) is 0 Å². The molecule has 1 rings (SSSR count).